The molecule has 0 aliphatic carbocycles. The second-order valence-electron chi connectivity index (χ2n) is 5.95. The molecule has 1 unspecified atom stereocenters. The third-order valence-corrected chi connectivity index (χ3v) is 3.83. The predicted octanol–water partition coefficient (Wildman–Crippen LogP) is 2.70. The highest BCUT2D eigenvalue weighted by molar-refractivity contribution is 5.74. The number of carbonyl (C=O) groups excluding carboxylic acids is 1. The molecule has 2 aromatic rings. The Balaban J connectivity index is 1.96. The van der Waals surface area contributed by atoms with Gasteiger partial charge in [0, 0.05) is 25.7 Å². The van der Waals surface area contributed by atoms with E-state index in [-0.39, 0.29) is 18.5 Å². The molecule has 1 aromatic carbocycles. The van der Waals surface area contributed by atoms with Crippen molar-refractivity contribution in [3.05, 3.63) is 66.0 Å². The quantitative estimate of drug-likeness (QED) is 0.773. The summed E-state index contributed by atoms with van der Waals surface area (Å²) in [6, 6.07) is 14.8. The average Bonchev–Trinajstić information content (AvgIpc) is 2.61. The van der Waals surface area contributed by atoms with Gasteiger partial charge in [-0.3, -0.25) is 9.78 Å². The van der Waals surface area contributed by atoms with Crippen LogP contribution in [0.1, 0.15) is 24.1 Å². The monoisotopic (exact) mass is 341 g/mol. The van der Waals surface area contributed by atoms with Crippen LogP contribution in [0.3, 0.4) is 0 Å². The van der Waals surface area contributed by atoms with Gasteiger partial charge in [0.05, 0.1) is 12.2 Å². The lowest BCUT2D eigenvalue weighted by atomic mass is 10.0. The van der Waals surface area contributed by atoms with E-state index in [0.29, 0.717) is 19.4 Å². The van der Waals surface area contributed by atoms with Crippen LogP contribution in [0, 0.1) is 0 Å². The molecule has 6 nitrogen and oxygen atoms in total. The molecule has 0 saturated carbocycles. The van der Waals surface area contributed by atoms with Crippen molar-refractivity contribution >= 4 is 12.0 Å². The second kappa shape index (κ2) is 9.42. The molecule has 0 aliphatic heterocycles. The van der Waals surface area contributed by atoms with Crippen LogP contribution in [-0.2, 0) is 17.8 Å². The van der Waals surface area contributed by atoms with E-state index in [1.165, 1.54) is 0 Å². The van der Waals surface area contributed by atoms with Crippen LogP contribution in [-0.4, -0.2) is 40.1 Å². The predicted molar refractivity (Wildman–Crippen MR) is 95.0 cm³/mol. The zero-order chi connectivity index (χ0) is 18.1. The van der Waals surface area contributed by atoms with E-state index in [2.05, 4.69) is 10.3 Å². The van der Waals surface area contributed by atoms with Crippen LogP contribution < -0.4 is 5.32 Å². The molecule has 0 aliphatic rings. The minimum atomic E-state index is -0.867. The third-order valence-electron chi connectivity index (χ3n) is 3.83. The summed E-state index contributed by atoms with van der Waals surface area (Å²) in [6.07, 6.45) is 2.68. The first-order chi connectivity index (χ1) is 12.0. The van der Waals surface area contributed by atoms with Crippen LogP contribution in [0.2, 0.25) is 0 Å². The highest BCUT2D eigenvalue weighted by atomic mass is 16.4. The van der Waals surface area contributed by atoms with E-state index in [4.69, 9.17) is 5.11 Å². The van der Waals surface area contributed by atoms with E-state index < -0.39 is 5.97 Å². The molecule has 25 heavy (non-hydrogen) atoms. The van der Waals surface area contributed by atoms with Gasteiger partial charge in [-0.25, -0.2) is 4.79 Å². The lowest BCUT2D eigenvalue weighted by Crippen LogP contribution is -2.44. The summed E-state index contributed by atoms with van der Waals surface area (Å²) in [5.74, 6) is -0.867. The molecule has 1 aromatic heterocycles. The van der Waals surface area contributed by atoms with Crippen LogP contribution in [0.25, 0.3) is 0 Å². The van der Waals surface area contributed by atoms with Gasteiger partial charge in [-0.1, -0.05) is 36.4 Å². The molecule has 0 spiro atoms. The van der Waals surface area contributed by atoms with Crippen molar-refractivity contribution in [1.82, 2.24) is 15.2 Å². The van der Waals surface area contributed by atoms with Gasteiger partial charge in [-0.2, -0.15) is 0 Å². The van der Waals surface area contributed by atoms with Crippen LogP contribution >= 0.6 is 0 Å². The SMILES string of the molecule is CN(Cc1ccccn1)C(=O)NC(CCC(=O)O)Cc1ccccc1. The first-order valence-corrected chi connectivity index (χ1v) is 8.22. The Bertz CT molecular complexity index is 677. The number of hydrogen-bond acceptors (Lipinski definition) is 3. The fourth-order valence-electron chi connectivity index (χ4n) is 2.51. The van der Waals surface area contributed by atoms with Gasteiger partial charge >= 0.3 is 12.0 Å². The largest absolute Gasteiger partial charge is 0.481 e. The molecule has 0 radical (unpaired) electrons. The molecular formula is C19H23N3O3. The molecular weight excluding hydrogens is 318 g/mol. The Labute approximate surface area is 147 Å². The number of benzene rings is 1. The highest BCUT2D eigenvalue weighted by Crippen LogP contribution is 2.09. The van der Waals surface area contributed by atoms with E-state index in [0.717, 1.165) is 11.3 Å². The zero-order valence-electron chi connectivity index (χ0n) is 14.3. The lowest BCUT2D eigenvalue weighted by Gasteiger charge is -2.23. The lowest BCUT2D eigenvalue weighted by molar-refractivity contribution is -0.137. The fourth-order valence-corrected chi connectivity index (χ4v) is 2.51. The Hall–Kier alpha value is -2.89. The third kappa shape index (κ3) is 6.63. The maximum atomic E-state index is 12.4. The van der Waals surface area contributed by atoms with E-state index >= 15 is 0 Å². The molecule has 1 atom stereocenters. The summed E-state index contributed by atoms with van der Waals surface area (Å²) < 4.78 is 0. The number of hydrogen-bond donors (Lipinski definition) is 2. The number of carboxylic acids is 1. The Morgan fingerprint density at radius 2 is 1.88 bits per heavy atom. The van der Waals surface area contributed by atoms with Gasteiger partial charge in [-0.15, -0.1) is 0 Å². The fraction of sp³-hybridized carbons (Fsp3) is 0.316. The van der Waals surface area contributed by atoms with Crippen molar-refractivity contribution in [2.75, 3.05) is 7.05 Å². The Kier molecular flexibility index (Phi) is 6.95. The van der Waals surface area contributed by atoms with Gasteiger partial charge in [0.2, 0.25) is 0 Å². The summed E-state index contributed by atoms with van der Waals surface area (Å²) in [5.41, 5.74) is 1.86. The highest BCUT2D eigenvalue weighted by Gasteiger charge is 2.17. The van der Waals surface area contributed by atoms with E-state index in [9.17, 15) is 9.59 Å². The number of nitrogens with one attached hydrogen (secondary N) is 1. The first kappa shape index (κ1) is 18.4. The first-order valence-electron chi connectivity index (χ1n) is 8.22. The standard InChI is InChI=1S/C19H23N3O3/c1-22(14-17-9-5-6-12-20-17)19(25)21-16(10-11-18(23)24)13-15-7-3-2-4-8-15/h2-9,12,16H,10-11,13-14H2,1H3,(H,21,25)(H,23,24). The maximum Gasteiger partial charge on any atom is 0.317 e. The number of rotatable bonds is 8. The van der Waals surface area contributed by atoms with Crippen molar-refractivity contribution in [2.24, 2.45) is 0 Å². The van der Waals surface area contributed by atoms with Gasteiger partial charge in [0.15, 0.2) is 0 Å². The number of amides is 2. The molecule has 132 valence electrons. The van der Waals surface area contributed by atoms with Crippen molar-refractivity contribution < 1.29 is 14.7 Å². The number of nitrogens with zero attached hydrogens (tertiary/aromatic N) is 2. The van der Waals surface area contributed by atoms with E-state index in [1.54, 1.807) is 18.1 Å². The van der Waals surface area contributed by atoms with Crippen molar-refractivity contribution in [1.29, 1.82) is 0 Å². The second-order valence-corrected chi connectivity index (χ2v) is 5.95. The number of aliphatic carboxylic acids is 1. The number of carboxylic acid groups (broad SMARTS) is 1. The van der Waals surface area contributed by atoms with Crippen LogP contribution in [0.4, 0.5) is 4.79 Å². The van der Waals surface area contributed by atoms with Gasteiger partial charge in [0.25, 0.3) is 0 Å². The topological polar surface area (TPSA) is 82.5 Å². The minimum Gasteiger partial charge on any atom is -0.481 e. The van der Waals surface area contributed by atoms with Crippen LogP contribution in [0.15, 0.2) is 54.7 Å². The average molecular weight is 341 g/mol. The molecule has 0 saturated heterocycles. The summed E-state index contributed by atoms with van der Waals surface area (Å²) in [6.45, 7) is 0.393. The van der Waals surface area contributed by atoms with Crippen LogP contribution in [0.5, 0.6) is 0 Å². The molecule has 1 heterocycles. The molecule has 2 N–H and O–H groups in total. The minimum absolute atomic E-state index is 0.0156. The van der Waals surface area contributed by atoms with Gasteiger partial charge in [0.1, 0.15) is 0 Å². The van der Waals surface area contributed by atoms with Gasteiger partial charge < -0.3 is 15.3 Å². The molecule has 0 fully saturated rings. The molecule has 2 amide bonds. The summed E-state index contributed by atoms with van der Waals surface area (Å²) in [5, 5.41) is 11.9. The smallest absolute Gasteiger partial charge is 0.317 e. The number of carbonyl (C=O) groups is 2. The molecule has 0 bridgehead atoms. The summed E-state index contributed by atoms with van der Waals surface area (Å²) in [7, 11) is 1.70. The van der Waals surface area contributed by atoms with Gasteiger partial charge in [-0.05, 0) is 30.5 Å². The maximum absolute atomic E-state index is 12.4. The normalized spacial score (nSPS) is 11.6. The van der Waals surface area contributed by atoms with Crippen molar-refractivity contribution in [2.45, 2.75) is 31.8 Å². The zero-order valence-corrected chi connectivity index (χ0v) is 14.3. The Morgan fingerprint density at radius 1 is 1.16 bits per heavy atom. The number of pyridine rings is 1. The van der Waals surface area contributed by atoms with E-state index in [1.807, 2.05) is 48.5 Å². The molecule has 6 heteroatoms. The molecule has 2 rings (SSSR count). The van der Waals surface area contributed by atoms with Crippen molar-refractivity contribution in [3.8, 4) is 0 Å². The summed E-state index contributed by atoms with van der Waals surface area (Å²) in [4.78, 5) is 29.1. The number of urea groups is 1. The Morgan fingerprint density at radius 3 is 2.52 bits per heavy atom. The number of aromatic nitrogens is 1. The van der Waals surface area contributed by atoms with Crippen molar-refractivity contribution in [3.63, 3.8) is 0 Å². The summed E-state index contributed by atoms with van der Waals surface area (Å²) >= 11 is 0.